The van der Waals surface area contributed by atoms with Crippen molar-refractivity contribution in [3.05, 3.63) is 42.1 Å². The van der Waals surface area contributed by atoms with Gasteiger partial charge in [-0.3, -0.25) is 4.79 Å². The maximum absolute atomic E-state index is 12.0. The zero-order valence-corrected chi connectivity index (χ0v) is 9.93. The molecule has 1 aliphatic carbocycles. The van der Waals surface area contributed by atoms with E-state index in [1.165, 1.54) is 25.7 Å². The summed E-state index contributed by atoms with van der Waals surface area (Å²) in [6, 6.07) is 10.6. The van der Waals surface area contributed by atoms with Crippen LogP contribution in [0.25, 0.3) is 5.57 Å². The molecule has 0 bridgehead atoms. The Bertz CT molecular complexity index is 443. The highest BCUT2D eigenvalue weighted by atomic mass is 16.1. The van der Waals surface area contributed by atoms with Gasteiger partial charge in [-0.1, -0.05) is 43.2 Å². The number of rotatable bonds is 2. The molecule has 2 nitrogen and oxygen atoms in total. The minimum atomic E-state index is 0.267. The van der Waals surface area contributed by atoms with Crippen molar-refractivity contribution < 1.29 is 4.79 Å². The number of ketones is 1. The number of Topliss-reactive ketones (excluding diaryl/α,β-unsaturated/α-hetero) is 1. The predicted octanol–water partition coefficient (Wildman–Crippen LogP) is 2.85. The molecule has 1 aromatic rings. The Morgan fingerprint density at radius 3 is 2.47 bits per heavy atom. The van der Waals surface area contributed by atoms with Crippen LogP contribution in [0.5, 0.6) is 0 Å². The molecule has 3 rings (SSSR count). The van der Waals surface area contributed by atoms with Crippen molar-refractivity contribution in [3.8, 4) is 0 Å². The maximum atomic E-state index is 12.0. The van der Waals surface area contributed by atoms with Crippen molar-refractivity contribution in [2.75, 3.05) is 6.54 Å². The summed E-state index contributed by atoms with van der Waals surface area (Å²) in [7, 11) is 0. The van der Waals surface area contributed by atoms with Gasteiger partial charge in [0.25, 0.3) is 0 Å². The molecule has 0 aromatic heterocycles. The van der Waals surface area contributed by atoms with Gasteiger partial charge in [-0.15, -0.1) is 0 Å². The summed E-state index contributed by atoms with van der Waals surface area (Å²) in [5.41, 5.74) is 1.94. The van der Waals surface area contributed by atoms with Gasteiger partial charge in [0.15, 0.2) is 5.78 Å². The molecule has 1 fully saturated rings. The zero-order valence-electron chi connectivity index (χ0n) is 9.93. The van der Waals surface area contributed by atoms with E-state index in [1.54, 1.807) is 0 Å². The van der Waals surface area contributed by atoms with Crippen LogP contribution in [0.15, 0.2) is 36.5 Å². The smallest absolute Gasteiger partial charge is 0.184 e. The molecular weight excluding hydrogens is 210 g/mol. The van der Waals surface area contributed by atoms with Gasteiger partial charge in [-0.25, -0.2) is 0 Å². The molecule has 2 heteroatoms. The van der Waals surface area contributed by atoms with Gasteiger partial charge in [-0.2, -0.15) is 0 Å². The fourth-order valence-electron chi connectivity index (χ4n) is 2.86. The molecule has 2 aliphatic rings. The Kier molecular flexibility index (Phi) is 2.71. The van der Waals surface area contributed by atoms with E-state index in [1.807, 2.05) is 30.3 Å². The van der Waals surface area contributed by atoms with Crippen molar-refractivity contribution >= 4 is 11.4 Å². The number of hydrogen-bond acceptors (Lipinski definition) is 2. The standard InChI is InChI=1S/C15H17NO/c17-15-11-16(13-8-4-5-9-13)10-14(15)12-6-2-1-3-7-12/h1-3,6-7,10,13H,4-5,8-9,11H2. The number of hydrogen-bond donors (Lipinski definition) is 0. The highest BCUT2D eigenvalue weighted by Gasteiger charge is 2.29. The van der Waals surface area contributed by atoms with Gasteiger partial charge in [0.05, 0.1) is 6.54 Å². The molecule has 0 radical (unpaired) electrons. The summed E-state index contributed by atoms with van der Waals surface area (Å²) in [5, 5.41) is 0. The van der Waals surface area contributed by atoms with E-state index in [4.69, 9.17) is 0 Å². The van der Waals surface area contributed by atoms with Gasteiger partial charge in [0.1, 0.15) is 0 Å². The van der Waals surface area contributed by atoms with E-state index in [9.17, 15) is 4.79 Å². The van der Waals surface area contributed by atoms with Crippen molar-refractivity contribution in [2.24, 2.45) is 0 Å². The van der Waals surface area contributed by atoms with Crippen LogP contribution in [-0.4, -0.2) is 23.3 Å². The zero-order chi connectivity index (χ0) is 11.7. The van der Waals surface area contributed by atoms with Crippen LogP contribution < -0.4 is 0 Å². The average Bonchev–Trinajstić information content (AvgIpc) is 2.99. The second-order valence-corrected chi connectivity index (χ2v) is 4.94. The summed E-state index contributed by atoms with van der Waals surface area (Å²) in [6.45, 7) is 0.578. The van der Waals surface area contributed by atoms with Crippen molar-refractivity contribution in [1.82, 2.24) is 4.90 Å². The van der Waals surface area contributed by atoms with Crippen molar-refractivity contribution in [3.63, 3.8) is 0 Å². The van der Waals surface area contributed by atoms with E-state index >= 15 is 0 Å². The molecule has 88 valence electrons. The van der Waals surface area contributed by atoms with Gasteiger partial charge in [0.2, 0.25) is 0 Å². The first-order chi connectivity index (χ1) is 8.34. The molecule has 1 heterocycles. The van der Waals surface area contributed by atoms with E-state index in [2.05, 4.69) is 11.1 Å². The lowest BCUT2D eigenvalue weighted by molar-refractivity contribution is -0.113. The van der Waals surface area contributed by atoms with Crippen LogP contribution in [0, 0.1) is 0 Å². The summed E-state index contributed by atoms with van der Waals surface area (Å²) in [4.78, 5) is 14.3. The van der Waals surface area contributed by atoms with Crippen LogP contribution in [0.1, 0.15) is 31.2 Å². The minimum Gasteiger partial charge on any atom is -0.366 e. The summed E-state index contributed by atoms with van der Waals surface area (Å²) >= 11 is 0. The van der Waals surface area contributed by atoms with Gasteiger partial charge >= 0.3 is 0 Å². The molecule has 1 saturated carbocycles. The lowest BCUT2D eigenvalue weighted by atomic mass is 10.1. The molecular formula is C15H17NO. The number of carbonyl (C=O) groups excluding carboxylic acids is 1. The van der Waals surface area contributed by atoms with Crippen molar-refractivity contribution in [2.45, 2.75) is 31.7 Å². The fourth-order valence-corrected chi connectivity index (χ4v) is 2.86. The molecule has 1 aromatic carbocycles. The van der Waals surface area contributed by atoms with Crippen LogP contribution in [0.3, 0.4) is 0 Å². The normalized spacial score (nSPS) is 21.1. The molecule has 0 atom stereocenters. The Labute approximate surface area is 102 Å². The topological polar surface area (TPSA) is 20.3 Å². The lowest BCUT2D eigenvalue weighted by Crippen LogP contribution is -2.28. The Hall–Kier alpha value is -1.57. The highest BCUT2D eigenvalue weighted by Crippen LogP contribution is 2.29. The third kappa shape index (κ3) is 1.99. The van der Waals surface area contributed by atoms with E-state index in [0.29, 0.717) is 12.6 Å². The number of nitrogens with zero attached hydrogens (tertiary/aromatic N) is 1. The SMILES string of the molecule is O=C1CN(C2CCCC2)C=C1c1ccccc1. The fraction of sp³-hybridized carbons (Fsp3) is 0.400. The molecule has 0 amide bonds. The van der Waals surface area contributed by atoms with Crippen LogP contribution in [0.2, 0.25) is 0 Å². The predicted molar refractivity (Wildman–Crippen MR) is 68.4 cm³/mol. The maximum Gasteiger partial charge on any atom is 0.184 e. The minimum absolute atomic E-state index is 0.267. The van der Waals surface area contributed by atoms with E-state index < -0.39 is 0 Å². The molecule has 17 heavy (non-hydrogen) atoms. The van der Waals surface area contributed by atoms with Gasteiger partial charge in [0, 0.05) is 17.8 Å². The quantitative estimate of drug-likeness (QED) is 0.774. The average molecular weight is 227 g/mol. The summed E-state index contributed by atoms with van der Waals surface area (Å²) < 4.78 is 0. The molecule has 0 unspecified atom stereocenters. The lowest BCUT2D eigenvalue weighted by Gasteiger charge is -2.22. The second kappa shape index (κ2) is 4.36. The molecule has 0 spiro atoms. The first kappa shape index (κ1) is 10.6. The van der Waals surface area contributed by atoms with E-state index in [-0.39, 0.29) is 5.78 Å². The first-order valence-electron chi connectivity index (χ1n) is 6.41. The molecule has 0 N–H and O–H groups in total. The van der Waals surface area contributed by atoms with Crippen LogP contribution >= 0.6 is 0 Å². The van der Waals surface area contributed by atoms with Gasteiger partial charge in [-0.05, 0) is 18.4 Å². The Morgan fingerprint density at radius 1 is 1.06 bits per heavy atom. The molecule has 1 aliphatic heterocycles. The first-order valence-corrected chi connectivity index (χ1v) is 6.41. The monoisotopic (exact) mass is 227 g/mol. The third-order valence-corrected chi connectivity index (χ3v) is 3.80. The van der Waals surface area contributed by atoms with Crippen LogP contribution in [-0.2, 0) is 4.79 Å². The van der Waals surface area contributed by atoms with Crippen LogP contribution in [0.4, 0.5) is 0 Å². The highest BCUT2D eigenvalue weighted by molar-refractivity contribution is 6.23. The van der Waals surface area contributed by atoms with E-state index in [0.717, 1.165) is 11.1 Å². The summed E-state index contributed by atoms with van der Waals surface area (Å²) in [6.07, 6.45) is 7.18. The van der Waals surface area contributed by atoms with Crippen molar-refractivity contribution in [1.29, 1.82) is 0 Å². The second-order valence-electron chi connectivity index (χ2n) is 4.94. The number of carbonyl (C=O) groups is 1. The number of benzene rings is 1. The largest absolute Gasteiger partial charge is 0.366 e. The summed E-state index contributed by atoms with van der Waals surface area (Å²) in [5.74, 6) is 0.267. The Morgan fingerprint density at radius 2 is 1.76 bits per heavy atom. The third-order valence-electron chi connectivity index (χ3n) is 3.80. The molecule has 0 saturated heterocycles. The van der Waals surface area contributed by atoms with Gasteiger partial charge < -0.3 is 4.90 Å². The Balaban J connectivity index is 1.84.